The summed E-state index contributed by atoms with van der Waals surface area (Å²) in [6.07, 6.45) is 1.77. The fourth-order valence-corrected chi connectivity index (χ4v) is 3.27. The zero-order valence-corrected chi connectivity index (χ0v) is 15.3. The lowest BCUT2D eigenvalue weighted by atomic mass is 10.7. The Morgan fingerprint density at radius 1 is 0.652 bits per heavy atom. The standard InChI is InChI=1S/C9H18N3O6P.3ClH.H2O/c13-7(14)1-10-4-19(5-11-2-8(15)16)6-12-3-9(17)18;;;;/h10-12H,1-6H2,(H,13,14)(H,15,16)(H,17,18);3*1H;1H2. The average molecular weight is 423 g/mol. The molecule has 142 valence electrons. The Bertz CT molecular complexity index is 281. The molecule has 0 aromatic heterocycles. The highest BCUT2D eigenvalue weighted by Crippen LogP contribution is 2.24. The molecule has 0 heterocycles. The maximum Gasteiger partial charge on any atom is 0.359 e. The first-order valence-electron chi connectivity index (χ1n) is 5.74. The first-order valence-corrected chi connectivity index (χ1v) is 7.64. The third-order valence-corrected chi connectivity index (χ3v) is 4.44. The topological polar surface area (TPSA) is 193 Å². The average Bonchev–Trinajstić information content (AvgIpc) is 2.26. The number of nitrogens with two attached hydrogens (primary N) is 3. The van der Waals surface area contributed by atoms with E-state index >= 15 is 0 Å². The SMILES string of the molecule is O.O=C(O)C[NH2+]CP(C[NH2+]CC(=O)O)C[NH2+]CC(=O)O.[Cl-].[Cl-].[Cl-]. The summed E-state index contributed by atoms with van der Waals surface area (Å²) in [5.41, 5.74) is 0. The van der Waals surface area contributed by atoms with Gasteiger partial charge in [-0.15, -0.1) is 0 Å². The zero-order chi connectivity index (χ0) is 14.7. The lowest BCUT2D eigenvalue weighted by molar-refractivity contribution is -0.648. The number of carboxylic acids is 3. The van der Waals surface area contributed by atoms with E-state index in [9.17, 15) is 14.4 Å². The van der Waals surface area contributed by atoms with Crippen LogP contribution in [0.25, 0.3) is 0 Å². The van der Waals surface area contributed by atoms with Gasteiger partial charge in [-0.05, 0) is 0 Å². The Labute approximate surface area is 153 Å². The van der Waals surface area contributed by atoms with Crippen LogP contribution in [0.5, 0.6) is 0 Å². The highest BCUT2D eigenvalue weighted by Gasteiger charge is 2.17. The number of hydrogen-bond donors (Lipinski definition) is 6. The van der Waals surface area contributed by atoms with Gasteiger partial charge in [0.25, 0.3) is 0 Å². The number of carboxylic acid groups (broad SMARTS) is 3. The van der Waals surface area contributed by atoms with Gasteiger partial charge in [0.15, 0.2) is 19.6 Å². The molecule has 0 saturated carbocycles. The molecule has 14 heteroatoms. The third-order valence-electron chi connectivity index (χ3n) is 2.12. The molecule has 0 aliphatic carbocycles. The highest BCUT2D eigenvalue weighted by molar-refractivity contribution is 7.56. The normalized spacial score (nSPS) is 8.74. The molecule has 0 amide bonds. The Morgan fingerprint density at radius 2 is 0.870 bits per heavy atom. The van der Waals surface area contributed by atoms with E-state index in [1.807, 2.05) is 0 Å². The minimum atomic E-state index is -0.904. The van der Waals surface area contributed by atoms with Crippen LogP contribution < -0.4 is 53.2 Å². The number of halogens is 3. The molecule has 0 aliphatic rings. The lowest BCUT2D eigenvalue weighted by Crippen LogP contribution is -3.00. The van der Waals surface area contributed by atoms with Crippen LogP contribution in [-0.4, -0.2) is 77.2 Å². The molecule has 0 aliphatic heterocycles. The summed E-state index contributed by atoms with van der Waals surface area (Å²) >= 11 is 0. The van der Waals surface area contributed by atoms with Crippen LogP contribution in [0.4, 0.5) is 0 Å². The van der Waals surface area contributed by atoms with Crippen LogP contribution in [0.2, 0.25) is 0 Å². The van der Waals surface area contributed by atoms with Crippen LogP contribution >= 0.6 is 7.92 Å². The number of rotatable bonds is 12. The van der Waals surface area contributed by atoms with Crippen molar-refractivity contribution in [3.63, 3.8) is 0 Å². The van der Waals surface area contributed by atoms with E-state index in [0.717, 1.165) is 0 Å². The fourth-order valence-electron chi connectivity index (χ4n) is 1.34. The molecule has 10 nitrogen and oxygen atoms in total. The molecule has 23 heavy (non-hydrogen) atoms. The van der Waals surface area contributed by atoms with Gasteiger partial charge >= 0.3 is 17.9 Å². The van der Waals surface area contributed by atoms with Crippen molar-refractivity contribution >= 4 is 25.8 Å². The van der Waals surface area contributed by atoms with E-state index < -0.39 is 25.8 Å². The van der Waals surface area contributed by atoms with Crippen molar-refractivity contribution < 1.29 is 88.4 Å². The fraction of sp³-hybridized carbons (Fsp3) is 0.667. The smallest absolute Gasteiger partial charge is 0.359 e. The van der Waals surface area contributed by atoms with Crippen LogP contribution in [0, 0.1) is 0 Å². The van der Waals surface area contributed by atoms with Gasteiger partial charge in [-0.25, -0.2) is 14.4 Å². The molecule has 11 N–H and O–H groups in total. The molecular formula is C9H23Cl3N3O7P. The van der Waals surface area contributed by atoms with Crippen LogP contribution in [-0.2, 0) is 14.4 Å². The summed E-state index contributed by atoms with van der Waals surface area (Å²) in [7, 11) is -0.609. The van der Waals surface area contributed by atoms with E-state index in [2.05, 4.69) is 0 Å². The zero-order valence-electron chi connectivity index (χ0n) is 12.1. The predicted octanol–water partition coefficient (Wildman–Crippen LogP) is -14.5. The van der Waals surface area contributed by atoms with Gasteiger partial charge < -0.3 is 74.0 Å². The second-order valence-corrected chi connectivity index (χ2v) is 6.32. The third kappa shape index (κ3) is 26.7. The molecular weight excluding hydrogens is 399 g/mol. The Balaban J connectivity index is -0.000000270. The van der Waals surface area contributed by atoms with Crippen molar-refractivity contribution in [3.05, 3.63) is 0 Å². The van der Waals surface area contributed by atoms with E-state index in [0.29, 0.717) is 18.9 Å². The monoisotopic (exact) mass is 421 g/mol. The van der Waals surface area contributed by atoms with Gasteiger partial charge in [0.05, 0.1) is 7.92 Å². The van der Waals surface area contributed by atoms with E-state index in [4.69, 9.17) is 15.3 Å². The molecule has 0 atom stereocenters. The first-order chi connectivity index (χ1) is 8.91. The largest absolute Gasteiger partial charge is 1.00 e. The maximum atomic E-state index is 10.4. The van der Waals surface area contributed by atoms with Gasteiger partial charge in [0.1, 0.15) is 18.9 Å². The molecule has 0 spiro atoms. The summed E-state index contributed by atoms with van der Waals surface area (Å²) in [4.78, 5) is 31.2. The number of quaternary nitrogens is 3. The Kier molecular flexibility index (Phi) is 31.9. The molecule has 0 fully saturated rings. The molecule has 0 rings (SSSR count). The van der Waals surface area contributed by atoms with Crippen molar-refractivity contribution in [2.45, 2.75) is 0 Å². The first kappa shape index (κ1) is 34.0. The number of hydrogen-bond acceptors (Lipinski definition) is 3. The minimum absolute atomic E-state index is 0. The molecule has 0 radical (unpaired) electrons. The van der Waals surface area contributed by atoms with E-state index in [1.165, 1.54) is 0 Å². The molecule has 0 unspecified atom stereocenters. The van der Waals surface area contributed by atoms with Crippen molar-refractivity contribution in [3.8, 4) is 0 Å². The Morgan fingerprint density at radius 3 is 1.04 bits per heavy atom. The summed E-state index contributed by atoms with van der Waals surface area (Å²) in [6, 6.07) is 0. The van der Waals surface area contributed by atoms with Crippen molar-refractivity contribution in [2.24, 2.45) is 0 Å². The van der Waals surface area contributed by atoms with Gasteiger partial charge in [-0.1, -0.05) is 0 Å². The Hall–Kier alpha value is -0.450. The number of carbonyl (C=O) groups is 3. The summed E-state index contributed by atoms with van der Waals surface area (Å²) in [5.74, 6) is -2.71. The van der Waals surface area contributed by atoms with Gasteiger partial charge in [0, 0.05) is 0 Å². The predicted molar refractivity (Wildman–Crippen MR) is 68.4 cm³/mol. The van der Waals surface area contributed by atoms with Crippen molar-refractivity contribution in [2.75, 3.05) is 38.5 Å². The van der Waals surface area contributed by atoms with Gasteiger partial charge in [-0.3, -0.25) is 0 Å². The van der Waals surface area contributed by atoms with Crippen molar-refractivity contribution in [1.29, 1.82) is 0 Å². The molecule has 0 aromatic carbocycles. The van der Waals surface area contributed by atoms with Crippen molar-refractivity contribution in [1.82, 2.24) is 0 Å². The number of aliphatic carboxylic acids is 3. The van der Waals surface area contributed by atoms with E-state index in [-0.39, 0.29) is 62.3 Å². The van der Waals surface area contributed by atoms with Crippen LogP contribution in [0.3, 0.4) is 0 Å². The van der Waals surface area contributed by atoms with Gasteiger partial charge in [0.2, 0.25) is 0 Å². The summed E-state index contributed by atoms with van der Waals surface area (Å²) in [6.45, 7) is -0.0932. The highest BCUT2D eigenvalue weighted by atomic mass is 35.5. The lowest BCUT2D eigenvalue weighted by Gasteiger charge is -2.11. The molecule has 0 aromatic rings. The minimum Gasteiger partial charge on any atom is -1.00 e. The summed E-state index contributed by atoms with van der Waals surface area (Å²) < 4.78 is 0. The summed E-state index contributed by atoms with van der Waals surface area (Å²) in [5, 5.41) is 30.5. The quantitative estimate of drug-likeness (QED) is 0.169. The van der Waals surface area contributed by atoms with Gasteiger partial charge in [-0.2, -0.15) is 0 Å². The second kappa shape index (κ2) is 21.6. The van der Waals surface area contributed by atoms with E-state index in [1.54, 1.807) is 16.0 Å². The van der Waals surface area contributed by atoms with Crippen LogP contribution in [0.1, 0.15) is 0 Å². The molecule has 0 saturated heterocycles. The second-order valence-electron chi connectivity index (χ2n) is 3.88. The van der Waals surface area contributed by atoms with Crippen LogP contribution in [0.15, 0.2) is 0 Å². The maximum absolute atomic E-state index is 10.4. The molecule has 0 bridgehead atoms.